The van der Waals surface area contributed by atoms with E-state index in [0.717, 1.165) is 6.20 Å². The van der Waals surface area contributed by atoms with Crippen LogP contribution in [0.3, 0.4) is 0 Å². The van der Waals surface area contributed by atoms with Crippen LogP contribution in [-0.2, 0) is 4.74 Å². The molecule has 0 aliphatic heterocycles. The Hall–Kier alpha value is -1.53. The van der Waals surface area contributed by atoms with Gasteiger partial charge in [0.25, 0.3) is 5.91 Å². The first-order chi connectivity index (χ1) is 8.19. The molecule has 5 nitrogen and oxygen atoms in total. The molecule has 94 valence electrons. The average molecular weight is 241 g/mol. The van der Waals surface area contributed by atoms with E-state index in [1.165, 1.54) is 17.0 Å². The van der Waals surface area contributed by atoms with Crippen molar-refractivity contribution in [3.63, 3.8) is 0 Å². The molecule has 1 heterocycles. The van der Waals surface area contributed by atoms with Crippen molar-refractivity contribution in [2.24, 2.45) is 5.73 Å². The molecule has 0 aromatic carbocycles. The second-order valence-electron chi connectivity index (χ2n) is 3.44. The zero-order chi connectivity index (χ0) is 12.7. The highest BCUT2D eigenvalue weighted by Crippen LogP contribution is 2.03. The Morgan fingerprint density at radius 2 is 2.29 bits per heavy atom. The lowest BCUT2D eigenvalue weighted by Gasteiger charge is -2.21. The number of methoxy groups -OCH3 is 1. The molecule has 0 aliphatic rings. The lowest BCUT2D eigenvalue weighted by molar-refractivity contribution is 0.0695. The average Bonchev–Trinajstić information content (AvgIpc) is 2.34. The van der Waals surface area contributed by atoms with Crippen LogP contribution in [0.4, 0.5) is 4.39 Å². The summed E-state index contributed by atoms with van der Waals surface area (Å²) in [7, 11) is 1.56. The van der Waals surface area contributed by atoms with E-state index < -0.39 is 5.82 Å². The summed E-state index contributed by atoms with van der Waals surface area (Å²) in [5.41, 5.74) is 5.63. The second-order valence-corrected chi connectivity index (χ2v) is 3.44. The van der Waals surface area contributed by atoms with Gasteiger partial charge in [0.15, 0.2) is 0 Å². The lowest BCUT2D eigenvalue weighted by atomic mass is 10.3. The van der Waals surface area contributed by atoms with E-state index in [0.29, 0.717) is 26.2 Å². The van der Waals surface area contributed by atoms with Gasteiger partial charge in [-0.3, -0.25) is 4.79 Å². The largest absolute Gasteiger partial charge is 0.383 e. The Morgan fingerprint density at radius 1 is 1.53 bits per heavy atom. The minimum Gasteiger partial charge on any atom is -0.383 e. The lowest BCUT2D eigenvalue weighted by Crippen LogP contribution is -2.38. The number of pyridine rings is 1. The van der Waals surface area contributed by atoms with Gasteiger partial charge >= 0.3 is 0 Å². The third-order valence-electron chi connectivity index (χ3n) is 2.20. The summed E-state index contributed by atoms with van der Waals surface area (Å²) in [6.07, 6.45) is 1.02. The number of amides is 1. The Kier molecular flexibility index (Phi) is 5.51. The number of nitrogens with two attached hydrogens (primary N) is 1. The fourth-order valence-corrected chi connectivity index (χ4v) is 1.34. The molecule has 17 heavy (non-hydrogen) atoms. The number of hydrogen-bond acceptors (Lipinski definition) is 4. The summed E-state index contributed by atoms with van der Waals surface area (Å²) in [5, 5.41) is 0. The van der Waals surface area contributed by atoms with Gasteiger partial charge in [0, 0.05) is 26.7 Å². The zero-order valence-electron chi connectivity index (χ0n) is 9.73. The van der Waals surface area contributed by atoms with Gasteiger partial charge in [0.1, 0.15) is 11.5 Å². The first-order valence-corrected chi connectivity index (χ1v) is 5.29. The van der Waals surface area contributed by atoms with Crippen molar-refractivity contribution in [2.75, 3.05) is 33.4 Å². The smallest absolute Gasteiger partial charge is 0.272 e. The third-order valence-corrected chi connectivity index (χ3v) is 2.20. The summed E-state index contributed by atoms with van der Waals surface area (Å²) in [5.74, 6) is -0.740. The van der Waals surface area contributed by atoms with E-state index >= 15 is 0 Å². The molecule has 0 saturated carbocycles. The molecular weight excluding hydrogens is 225 g/mol. The van der Waals surface area contributed by atoms with Crippen molar-refractivity contribution < 1.29 is 13.9 Å². The van der Waals surface area contributed by atoms with Gasteiger partial charge in [0.05, 0.1) is 12.8 Å². The monoisotopic (exact) mass is 241 g/mol. The van der Waals surface area contributed by atoms with Crippen LogP contribution in [0.15, 0.2) is 18.3 Å². The van der Waals surface area contributed by atoms with Crippen molar-refractivity contribution in [1.29, 1.82) is 0 Å². The molecule has 1 aromatic heterocycles. The maximum absolute atomic E-state index is 12.7. The fraction of sp³-hybridized carbons (Fsp3) is 0.455. The fourth-order valence-electron chi connectivity index (χ4n) is 1.34. The van der Waals surface area contributed by atoms with Crippen LogP contribution in [0.5, 0.6) is 0 Å². The number of ether oxygens (including phenoxy) is 1. The molecular formula is C11H16FN3O2. The molecule has 0 aliphatic carbocycles. The van der Waals surface area contributed by atoms with Gasteiger partial charge in [-0.05, 0) is 12.1 Å². The number of carbonyl (C=O) groups excluding carboxylic acids is 1. The molecule has 1 amide bonds. The van der Waals surface area contributed by atoms with Crippen LogP contribution >= 0.6 is 0 Å². The SMILES string of the molecule is COCCN(CCN)C(=O)c1ccc(F)cn1. The predicted octanol–water partition coefficient (Wildman–Crippen LogP) is 0.268. The van der Waals surface area contributed by atoms with Crippen LogP contribution in [0.2, 0.25) is 0 Å². The van der Waals surface area contributed by atoms with Gasteiger partial charge < -0.3 is 15.4 Å². The van der Waals surface area contributed by atoms with E-state index in [1.54, 1.807) is 7.11 Å². The number of hydrogen-bond donors (Lipinski definition) is 1. The topological polar surface area (TPSA) is 68.5 Å². The quantitative estimate of drug-likeness (QED) is 0.776. The molecule has 0 unspecified atom stereocenters. The maximum Gasteiger partial charge on any atom is 0.272 e. The number of rotatable bonds is 6. The van der Waals surface area contributed by atoms with Gasteiger partial charge in [-0.2, -0.15) is 0 Å². The highest BCUT2D eigenvalue weighted by atomic mass is 19.1. The van der Waals surface area contributed by atoms with Gasteiger partial charge in [-0.25, -0.2) is 9.37 Å². The Bertz CT molecular complexity index is 356. The van der Waals surface area contributed by atoms with Crippen LogP contribution in [0.25, 0.3) is 0 Å². The first-order valence-electron chi connectivity index (χ1n) is 5.29. The van der Waals surface area contributed by atoms with Crippen molar-refractivity contribution in [1.82, 2.24) is 9.88 Å². The minimum absolute atomic E-state index is 0.205. The summed E-state index contributed by atoms with van der Waals surface area (Å²) >= 11 is 0. The predicted molar refractivity (Wildman–Crippen MR) is 61.0 cm³/mol. The van der Waals surface area contributed by atoms with E-state index in [1.807, 2.05) is 0 Å². The van der Waals surface area contributed by atoms with Gasteiger partial charge in [-0.15, -0.1) is 0 Å². The molecule has 0 spiro atoms. The van der Waals surface area contributed by atoms with Crippen LogP contribution in [0, 0.1) is 5.82 Å². The molecule has 0 atom stereocenters. The molecule has 0 bridgehead atoms. The van der Waals surface area contributed by atoms with E-state index in [4.69, 9.17) is 10.5 Å². The number of aromatic nitrogens is 1. The number of nitrogens with zero attached hydrogens (tertiary/aromatic N) is 2. The minimum atomic E-state index is -0.469. The first kappa shape index (κ1) is 13.5. The second kappa shape index (κ2) is 6.93. The van der Waals surface area contributed by atoms with Gasteiger partial charge in [0.2, 0.25) is 0 Å². The highest BCUT2D eigenvalue weighted by Gasteiger charge is 2.15. The Labute approximate surface area is 99.4 Å². The van der Waals surface area contributed by atoms with Crippen LogP contribution in [0.1, 0.15) is 10.5 Å². The van der Waals surface area contributed by atoms with Crippen molar-refractivity contribution in [2.45, 2.75) is 0 Å². The molecule has 1 aromatic rings. The molecule has 1 rings (SSSR count). The van der Waals surface area contributed by atoms with E-state index in [2.05, 4.69) is 4.98 Å². The Morgan fingerprint density at radius 3 is 2.82 bits per heavy atom. The summed E-state index contributed by atoms with van der Waals surface area (Å²) in [6, 6.07) is 2.56. The number of halogens is 1. The maximum atomic E-state index is 12.7. The van der Waals surface area contributed by atoms with E-state index in [-0.39, 0.29) is 11.6 Å². The van der Waals surface area contributed by atoms with Crippen molar-refractivity contribution in [3.8, 4) is 0 Å². The third kappa shape index (κ3) is 4.08. The van der Waals surface area contributed by atoms with Gasteiger partial charge in [-0.1, -0.05) is 0 Å². The highest BCUT2D eigenvalue weighted by molar-refractivity contribution is 5.92. The van der Waals surface area contributed by atoms with E-state index in [9.17, 15) is 9.18 Å². The molecule has 0 radical (unpaired) electrons. The zero-order valence-corrected chi connectivity index (χ0v) is 9.73. The van der Waals surface area contributed by atoms with Crippen molar-refractivity contribution in [3.05, 3.63) is 29.8 Å². The molecule has 6 heteroatoms. The molecule has 0 fully saturated rings. The molecule has 0 saturated heterocycles. The van der Waals surface area contributed by atoms with Crippen LogP contribution in [-0.4, -0.2) is 49.1 Å². The summed E-state index contributed by atoms with van der Waals surface area (Å²) < 4.78 is 17.6. The summed E-state index contributed by atoms with van der Waals surface area (Å²) in [6.45, 7) is 1.64. The Balaban J connectivity index is 2.72. The standard InChI is InChI=1S/C11H16FN3O2/c1-17-7-6-15(5-4-13)11(16)10-3-2-9(12)8-14-10/h2-3,8H,4-7,13H2,1H3. The normalized spacial score (nSPS) is 10.3. The summed E-state index contributed by atoms with van der Waals surface area (Å²) in [4.78, 5) is 17.3. The number of carbonyl (C=O) groups is 1. The van der Waals surface area contributed by atoms with Crippen molar-refractivity contribution >= 4 is 5.91 Å². The molecule has 2 N–H and O–H groups in total. The van der Waals surface area contributed by atoms with Crippen LogP contribution < -0.4 is 5.73 Å².